The number of allylic oxidation sites excluding steroid dienone is 1. The van der Waals surface area contributed by atoms with Crippen molar-refractivity contribution >= 4 is 5.97 Å². The molecule has 0 fully saturated rings. The van der Waals surface area contributed by atoms with Gasteiger partial charge in [-0.3, -0.25) is 4.79 Å². The summed E-state index contributed by atoms with van der Waals surface area (Å²) < 4.78 is 4.51. The van der Waals surface area contributed by atoms with Crippen LogP contribution in [0.15, 0.2) is 12.2 Å². The van der Waals surface area contributed by atoms with Gasteiger partial charge in [0, 0.05) is 6.42 Å². The molecule has 2 nitrogen and oxygen atoms in total. The topological polar surface area (TPSA) is 26.3 Å². The van der Waals surface area contributed by atoms with Crippen LogP contribution in [0.3, 0.4) is 0 Å². The standard InChI is InChI=1S/C9H16O2/c1-7(2)8(3)5-6-9(10)11-4/h8H,1,5-6H2,2-4H3. The number of hydrogen-bond donors (Lipinski definition) is 0. The Hall–Kier alpha value is -0.790. The lowest BCUT2D eigenvalue weighted by Crippen LogP contribution is -2.04. The second kappa shape index (κ2) is 4.94. The van der Waals surface area contributed by atoms with E-state index in [0.29, 0.717) is 12.3 Å². The Labute approximate surface area is 68.2 Å². The largest absolute Gasteiger partial charge is 0.469 e. The minimum absolute atomic E-state index is 0.141. The lowest BCUT2D eigenvalue weighted by atomic mass is 9.99. The first-order valence-corrected chi connectivity index (χ1v) is 3.80. The summed E-state index contributed by atoms with van der Waals surface area (Å²) >= 11 is 0. The van der Waals surface area contributed by atoms with E-state index in [-0.39, 0.29) is 5.97 Å². The zero-order chi connectivity index (χ0) is 8.85. The molecule has 0 aromatic heterocycles. The van der Waals surface area contributed by atoms with Crippen LogP contribution in [0.1, 0.15) is 26.7 Å². The van der Waals surface area contributed by atoms with Gasteiger partial charge < -0.3 is 4.74 Å². The lowest BCUT2D eigenvalue weighted by Gasteiger charge is -2.08. The van der Waals surface area contributed by atoms with E-state index < -0.39 is 0 Å². The van der Waals surface area contributed by atoms with Gasteiger partial charge in [0.1, 0.15) is 0 Å². The number of hydrogen-bond acceptors (Lipinski definition) is 2. The van der Waals surface area contributed by atoms with E-state index in [9.17, 15) is 4.79 Å². The van der Waals surface area contributed by atoms with Crippen molar-refractivity contribution < 1.29 is 9.53 Å². The Morgan fingerprint density at radius 1 is 1.64 bits per heavy atom. The molecule has 2 heteroatoms. The zero-order valence-electron chi connectivity index (χ0n) is 7.52. The van der Waals surface area contributed by atoms with Crippen LogP contribution in [0, 0.1) is 5.92 Å². The average molecular weight is 156 g/mol. The van der Waals surface area contributed by atoms with Crippen LogP contribution >= 0.6 is 0 Å². The van der Waals surface area contributed by atoms with Crippen molar-refractivity contribution in [2.45, 2.75) is 26.7 Å². The molecule has 1 unspecified atom stereocenters. The van der Waals surface area contributed by atoms with Gasteiger partial charge in [0.25, 0.3) is 0 Å². The summed E-state index contributed by atoms with van der Waals surface area (Å²) in [6.45, 7) is 7.84. The fourth-order valence-electron chi connectivity index (χ4n) is 0.683. The number of ether oxygens (including phenoxy) is 1. The highest BCUT2D eigenvalue weighted by Gasteiger charge is 2.06. The Morgan fingerprint density at radius 2 is 2.18 bits per heavy atom. The molecule has 0 bridgehead atoms. The number of carbonyl (C=O) groups is 1. The molecule has 1 atom stereocenters. The molecule has 0 N–H and O–H groups in total. The third-order valence-corrected chi connectivity index (χ3v) is 1.85. The van der Waals surface area contributed by atoms with E-state index in [1.54, 1.807) is 0 Å². The van der Waals surface area contributed by atoms with Gasteiger partial charge >= 0.3 is 5.97 Å². The minimum atomic E-state index is -0.141. The highest BCUT2D eigenvalue weighted by atomic mass is 16.5. The van der Waals surface area contributed by atoms with Gasteiger partial charge in [-0.2, -0.15) is 0 Å². The molecule has 0 spiro atoms. The van der Waals surface area contributed by atoms with Crippen molar-refractivity contribution in [3.05, 3.63) is 12.2 Å². The predicted octanol–water partition coefficient (Wildman–Crippen LogP) is 2.15. The summed E-state index contributed by atoms with van der Waals surface area (Å²) in [5.41, 5.74) is 1.12. The maximum absolute atomic E-state index is 10.7. The van der Waals surface area contributed by atoms with Crippen molar-refractivity contribution in [3.63, 3.8) is 0 Å². The molecule has 0 aromatic rings. The Balaban J connectivity index is 3.54. The average Bonchev–Trinajstić information content (AvgIpc) is 1.99. The smallest absolute Gasteiger partial charge is 0.305 e. The summed E-state index contributed by atoms with van der Waals surface area (Å²) in [7, 11) is 1.41. The molecule has 11 heavy (non-hydrogen) atoms. The maximum Gasteiger partial charge on any atom is 0.305 e. The van der Waals surface area contributed by atoms with Gasteiger partial charge in [0.15, 0.2) is 0 Å². The molecule has 0 rings (SSSR count). The summed E-state index contributed by atoms with van der Waals surface area (Å²) in [4.78, 5) is 10.7. The van der Waals surface area contributed by atoms with E-state index in [0.717, 1.165) is 12.0 Å². The minimum Gasteiger partial charge on any atom is -0.469 e. The Kier molecular flexibility index (Phi) is 4.59. The second-order valence-electron chi connectivity index (χ2n) is 2.86. The predicted molar refractivity (Wildman–Crippen MR) is 45.2 cm³/mol. The molecular weight excluding hydrogens is 140 g/mol. The number of esters is 1. The SMILES string of the molecule is C=C(C)C(C)CCC(=O)OC. The van der Waals surface area contributed by atoms with Crippen molar-refractivity contribution in [2.75, 3.05) is 7.11 Å². The van der Waals surface area contributed by atoms with Crippen molar-refractivity contribution in [2.24, 2.45) is 5.92 Å². The third-order valence-electron chi connectivity index (χ3n) is 1.85. The number of methoxy groups -OCH3 is 1. The number of rotatable bonds is 4. The van der Waals surface area contributed by atoms with Gasteiger partial charge in [-0.05, 0) is 19.3 Å². The first kappa shape index (κ1) is 10.2. The molecule has 0 radical (unpaired) electrons. The highest BCUT2D eigenvalue weighted by molar-refractivity contribution is 5.69. The monoisotopic (exact) mass is 156 g/mol. The van der Waals surface area contributed by atoms with Crippen molar-refractivity contribution in [1.82, 2.24) is 0 Å². The molecule has 0 aliphatic carbocycles. The van der Waals surface area contributed by atoms with E-state index >= 15 is 0 Å². The van der Waals surface area contributed by atoms with Crippen LogP contribution in [0.4, 0.5) is 0 Å². The lowest BCUT2D eigenvalue weighted by molar-refractivity contribution is -0.140. The molecular formula is C9H16O2. The molecule has 0 aliphatic heterocycles. The fraction of sp³-hybridized carbons (Fsp3) is 0.667. The Bertz CT molecular complexity index is 150. The van der Waals surface area contributed by atoms with E-state index in [1.165, 1.54) is 7.11 Å². The van der Waals surface area contributed by atoms with Crippen LogP contribution in [-0.2, 0) is 9.53 Å². The molecule has 0 saturated heterocycles. The molecule has 64 valence electrons. The van der Waals surface area contributed by atoms with Crippen LogP contribution in [0.2, 0.25) is 0 Å². The van der Waals surface area contributed by atoms with Crippen LogP contribution in [0.5, 0.6) is 0 Å². The number of carbonyl (C=O) groups excluding carboxylic acids is 1. The normalized spacial score (nSPS) is 12.3. The summed E-state index contributed by atoms with van der Waals surface area (Å²) in [6.07, 6.45) is 1.33. The van der Waals surface area contributed by atoms with Crippen molar-refractivity contribution in [1.29, 1.82) is 0 Å². The van der Waals surface area contributed by atoms with Gasteiger partial charge in [-0.25, -0.2) is 0 Å². The quantitative estimate of drug-likeness (QED) is 0.460. The Morgan fingerprint density at radius 3 is 2.55 bits per heavy atom. The highest BCUT2D eigenvalue weighted by Crippen LogP contribution is 2.13. The molecule has 0 amide bonds. The molecule has 0 saturated carbocycles. The third kappa shape index (κ3) is 4.59. The van der Waals surface area contributed by atoms with Crippen LogP contribution < -0.4 is 0 Å². The first-order chi connectivity index (χ1) is 5.07. The van der Waals surface area contributed by atoms with Gasteiger partial charge in [0.2, 0.25) is 0 Å². The zero-order valence-corrected chi connectivity index (χ0v) is 7.52. The van der Waals surface area contributed by atoms with E-state index in [2.05, 4.69) is 18.2 Å². The van der Waals surface area contributed by atoms with Gasteiger partial charge in [-0.15, -0.1) is 0 Å². The summed E-state index contributed by atoms with van der Waals surface area (Å²) in [5, 5.41) is 0. The fourth-order valence-corrected chi connectivity index (χ4v) is 0.683. The molecule has 0 heterocycles. The van der Waals surface area contributed by atoms with Gasteiger partial charge in [-0.1, -0.05) is 19.1 Å². The summed E-state index contributed by atoms with van der Waals surface area (Å²) in [6, 6.07) is 0. The second-order valence-corrected chi connectivity index (χ2v) is 2.86. The maximum atomic E-state index is 10.7. The van der Waals surface area contributed by atoms with Crippen molar-refractivity contribution in [3.8, 4) is 0 Å². The van der Waals surface area contributed by atoms with Gasteiger partial charge in [0.05, 0.1) is 7.11 Å². The molecule has 0 aliphatic rings. The van der Waals surface area contributed by atoms with Crippen LogP contribution in [-0.4, -0.2) is 13.1 Å². The molecule has 0 aromatic carbocycles. The first-order valence-electron chi connectivity index (χ1n) is 3.80. The van der Waals surface area contributed by atoms with Crippen LogP contribution in [0.25, 0.3) is 0 Å². The summed E-state index contributed by atoms with van der Waals surface area (Å²) in [5.74, 6) is 0.271. The van der Waals surface area contributed by atoms with E-state index in [1.807, 2.05) is 6.92 Å². The van der Waals surface area contributed by atoms with E-state index in [4.69, 9.17) is 0 Å².